The van der Waals surface area contributed by atoms with Gasteiger partial charge in [-0.3, -0.25) is 0 Å². The molecule has 1 amide bonds. The van der Waals surface area contributed by atoms with Crippen LogP contribution >= 0.6 is 22.6 Å². The van der Waals surface area contributed by atoms with Crippen LogP contribution in [0.25, 0.3) is 0 Å². The molecule has 2 rings (SSSR count). The fourth-order valence-corrected chi connectivity index (χ4v) is 3.32. The predicted molar refractivity (Wildman–Crippen MR) is 98.1 cm³/mol. The highest BCUT2D eigenvalue weighted by molar-refractivity contribution is 14.1. The van der Waals surface area contributed by atoms with Gasteiger partial charge in [0.15, 0.2) is 0 Å². The summed E-state index contributed by atoms with van der Waals surface area (Å²) >= 11 is 2.35. The number of halogens is 1. The lowest BCUT2D eigenvalue weighted by Gasteiger charge is -2.24. The van der Waals surface area contributed by atoms with E-state index in [1.54, 1.807) is 0 Å². The Kier molecular flexibility index (Phi) is 5.94. The second-order valence-corrected chi connectivity index (χ2v) is 7.97. The van der Waals surface area contributed by atoms with Gasteiger partial charge in [0.1, 0.15) is 5.60 Å². The molecule has 1 aliphatic rings. The molecule has 22 heavy (non-hydrogen) atoms. The zero-order chi connectivity index (χ0) is 16.2. The van der Waals surface area contributed by atoms with Crippen LogP contribution in [0.3, 0.4) is 0 Å². The van der Waals surface area contributed by atoms with Gasteiger partial charge in [0.2, 0.25) is 0 Å². The molecular formula is C17H25IN2O2. The van der Waals surface area contributed by atoms with Gasteiger partial charge in [-0.05, 0) is 74.3 Å². The van der Waals surface area contributed by atoms with E-state index in [-0.39, 0.29) is 6.09 Å². The van der Waals surface area contributed by atoms with Crippen molar-refractivity contribution in [2.24, 2.45) is 5.92 Å². The number of alkyl carbamates (subject to hydrolysis) is 1. The van der Waals surface area contributed by atoms with E-state index in [1.165, 1.54) is 15.7 Å². The lowest BCUT2D eigenvalue weighted by molar-refractivity contribution is 0.0519. The number of hydrogen-bond acceptors (Lipinski definition) is 3. The number of carbonyl (C=O) groups excluding carboxylic acids is 1. The highest BCUT2D eigenvalue weighted by atomic mass is 127. The van der Waals surface area contributed by atoms with E-state index in [2.05, 4.69) is 45.4 Å². The molecule has 1 saturated carbocycles. The molecule has 1 aromatic rings. The van der Waals surface area contributed by atoms with Crippen molar-refractivity contribution in [1.82, 2.24) is 5.32 Å². The van der Waals surface area contributed by atoms with E-state index in [9.17, 15) is 4.79 Å². The van der Waals surface area contributed by atoms with Gasteiger partial charge in [-0.15, -0.1) is 0 Å². The second-order valence-electron chi connectivity index (χ2n) is 6.80. The Hall–Kier alpha value is -0.980. The van der Waals surface area contributed by atoms with Crippen molar-refractivity contribution in [3.8, 4) is 0 Å². The largest absolute Gasteiger partial charge is 0.444 e. The number of para-hydroxylation sites is 1. The molecule has 1 aromatic carbocycles. The summed E-state index contributed by atoms with van der Waals surface area (Å²) in [4.78, 5) is 11.8. The smallest absolute Gasteiger partial charge is 0.407 e. The molecule has 1 aliphatic carbocycles. The van der Waals surface area contributed by atoms with Crippen molar-refractivity contribution < 1.29 is 9.53 Å². The van der Waals surface area contributed by atoms with E-state index in [4.69, 9.17) is 4.74 Å². The van der Waals surface area contributed by atoms with Crippen molar-refractivity contribution in [2.45, 2.75) is 51.7 Å². The van der Waals surface area contributed by atoms with E-state index < -0.39 is 5.60 Å². The van der Waals surface area contributed by atoms with Gasteiger partial charge in [0.25, 0.3) is 0 Å². The number of ether oxygens (including phenoxy) is 1. The third kappa shape index (κ3) is 5.34. The van der Waals surface area contributed by atoms with Gasteiger partial charge >= 0.3 is 6.09 Å². The maximum Gasteiger partial charge on any atom is 0.407 e. The normalized spacial score (nSPS) is 21.5. The average molecular weight is 416 g/mol. The molecule has 2 atom stereocenters. The molecule has 0 aliphatic heterocycles. The first-order valence-electron chi connectivity index (χ1n) is 7.83. The zero-order valence-corrected chi connectivity index (χ0v) is 15.6. The van der Waals surface area contributed by atoms with Crippen LogP contribution in [0.15, 0.2) is 24.3 Å². The summed E-state index contributed by atoms with van der Waals surface area (Å²) in [6, 6.07) is 8.71. The zero-order valence-electron chi connectivity index (χ0n) is 13.5. The number of carbonyl (C=O) groups is 1. The van der Waals surface area contributed by atoms with E-state index >= 15 is 0 Å². The fraction of sp³-hybridized carbons (Fsp3) is 0.588. The van der Waals surface area contributed by atoms with Crippen LogP contribution in [0.5, 0.6) is 0 Å². The summed E-state index contributed by atoms with van der Waals surface area (Å²) in [5.74, 6) is 0.448. The van der Waals surface area contributed by atoms with Crippen LogP contribution in [0.4, 0.5) is 10.5 Å². The quantitative estimate of drug-likeness (QED) is 0.716. The topological polar surface area (TPSA) is 50.4 Å². The summed E-state index contributed by atoms with van der Waals surface area (Å²) in [6.07, 6.45) is 3.15. The molecule has 0 heterocycles. The van der Waals surface area contributed by atoms with Crippen molar-refractivity contribution in [3.63, 3.8) is 0 Å². The first kappa shape index (κ1) is 17.4. The molecule has 0 spiro atoms. The maximum atomic E-state index is 11.8. The Balaban J connectivity index is 1.86. The Bertz CT molecular complexity index is 514. The van der Waals surface area contributed by atoms with Gasteiger partial charge in [-0.1, -0.05) is 18.6 Å². The molecule has 1 fully saturated rings. The summed E-state index contributed by atoms with van der Waals surface area (Å²) in [6.45, 7) is 6.30. The molecule has 0 saturated heterocycles. The first-order chi connectivity index (χ1) is 10.3. The minimum Gasteiger partial charge on any atom is -0.444 e. The summed E-state index contributed by atoms with van der Waals surface area (Å²) in [5.41, 5.74) is 0.731. The van der Waals surface area contributed by atoms with Crippen LogP contribution < -0.4 is 10.6 Å². The predicted octanol–water partition coefficient (Wildman–Crippen LogP) is 4.40. The average Bonchev–Trinajstić information content (AvgIpc) is 2.84. The monoisotopic (exact) mass is 416 g/mol. The summed E-state index contributed by atoms with van der Waals surface area (Å²) in [5, 5.41) is 6.54. The molecular weight excluding hydrogens is 391 g/mol. The van der Waals surface area contributed by atoms with Crippen LogP contribution in [-0.4, -0.2) is 24.3 Å². The third-order valence-corrected chi connectivity index (χ3v) is 4.72. The number of nitrogens with one attached hydrogen (secondary N) is 2. The minimum atomic E-state index is -0.447. The second kappa shape index (κ2) is 7.53. The number of amides is 1. The Morgan fingerprint density at radius 3 is 2.73 bits per heavy atom. The van der Waals surface area contributed by atoms with Crippen LogP contribution in [0.2, 0.25) is 0 Å². The number of benzene rings is 1. The van der Waals surface area contributed by atoms with E-state index in [0.717, 1.165) is 12.8 Å². The summed E-state index contributed by atoms with van der Waals surface area (Å²) < 4.78 is 6.53. The van der Waals surface area contributed by atoms with Crippen molar-refractivity contribution in [3.05, 3.63) is 27.8 Å². The fourth-order valence-electron chi connectivity index (χ4n) is 2.78. The first-order valence-corrected chi connectivity index (χ1v) is 8.91. The molecule has 0 aromatic heterocycles. The highest BCUT2D eigenvalue weighted by Gasteiger charge is 2.28. The van der Waals surface area contributed by atoms with Crippen molar-refractivity contribution >= 4 is 34.4 Å². The van der Waals surface area contributed by atoms with Crippen LogP contribution in [-0.2, 0) is 4.74 Å². The number of anilines is 1. The highest BCUT2D eigenvalue weighted by Crippen LogP contribution is 2.29. The minimum absolute atomic E-state index is 0.326. The standard InChI is InChI=1S/C17H25IN2O2/c1-17(2,3)22-16(21)19-11-12-7-6-10-14(12)20-15-9-5-4-8-13(15)18/h4-5,8-9,12,14,20H,6-7,10-11H2,1-3H3,(H,19,21). The summed E-state index contributed by atoms with van der Waals surface area (Å²) in [7, 11) is 0. The molecule has 2 unspecified atom stereocenters. The number of rotatable bonds is 4. The van der Waals surface area contributed by atoms with E-state index in [1.807, 2.05) is 32.9 Å². The Morgan fingerprint density at radius 1 is 1.32 bits per heavy atom. The molecule has 4 nitrogen and oxygen atoms in total. The third-order valence-electron chi connectivity index (χ3n) is 3.78. The maximum absolute atomic E-state index is 11.8. The van der Waals surface area contributed by atoms with Gasteiger partial charge < -0.3 is 15.4 Å². The molecule has 122 valence electrons. The molecule has 5 heteroatoms. The van der Waals surface area contributed by atoms with Gasteiger partial charge in [-0.2, -0.15) is 0 Å². The lowest BCUT2D eigenvalue weighted by atomic mass is 10.0. The van der Waals surface area contributed by atoms with Gasteiger partial charge in [0.05, 0.1) is 0 Å². The van der Waals surface area contributed by atoms with Crippen molar-refractivity contribution in [1.29, 1.82) is 0 Å². The van der Waals surface area contributed by atoms with Gasteiger partial charge in [0, 0.05) is 21.8 Å². The van der Waals surface area contributed by atoms with Gasteiger partial charge in [-0.25, -0.2) is 4.79 Å². The molecule has 0 bridgehead atoms. The lowest BCUT2D eigenvalue weighted by Crippen LogP contribution is -2.38. The van der Waals surface area contributed by atoms with E-state index in [0.29, 0.717) is 18.5 Å². The van der Waals surface area contributed by atoms with Crippen LogP contribution in [0.1, 0.15) is 40.0 Å². The molecule has 2 N–H and O–H groups in total. The van der Waals surface area contributed by atoms with Crippen LogP contribution in [0, 0.1) is 9.49 Å². The Labute approximate surface area is 146 Å². The Morgan fingerprint density at radius 2 is 2.05 bits per heavy atom. The number of hydrogen-bond donors (Lipinski definition) is 2. The molecule has 0 radical (unpaired) electrons. The SMILES string of the molecule is CC(C)(C)OC(=O)NCC1CCCC1Nc1ccccc1I. The van der Waals surface area contributed by atoms with Crippen molar-refractivity contribution in [2.75, 3.05) is 11.9 Å².